The monoisotopic (exact) mass is 378 g/mol. The largest absolute Gasteiger partial charge is 0.870 e. The van der Waals surface area contributed by atoms with E-state index in [1.165, 1.54) is 0 Å². The fourth-order valence-corrected chi connectivity index (χ4v) is 3.60. The zero-order valence-corrected chi connectivity index (χ0v) is 14.8. The number of carbonyl (C=O) groups is 1. The molecule has 1 atom stereocenters. The number of carbonyl (C=O) groups excluding carboxylic acids is 1. The summed E-state index contributed by atoms with van der Waals surface area (Å²) in [6.07, 6.45) is -0.141. The number of hydrogen-bond donors (Lipinski definition) is 2. The van der Waals surface area contributed by atoms with E-state index < -0.39 is 0 Å². The average Bonchev–Trinajstić information content (AvgIpc) is 2.74. The lowest BCUT2D eigenvalue weighted by molar-refractivity contribution is -0.462. The Morgan fingerprint density at radius 2 is 1.92 bits per heavy atom. The Morgan fingerprint density at radius 1 is 1.16 bits per heavy atom. The second-order valence-corrected chi connectivity index (χ2v) is 6.62. The Balaban J connectivity index is 0.00000182. The number of fused-ring (bicyclic) bond motifs is 3. The van der Waals surface area contributed by atoms with E-state index in [9.17, 15) is 4.79 Å². The van der Waals surface area contributed by atoms with Crippen molar-refractivity contribution in [2.45, 2.75) is 6.17 Å². The summed E-state index contributed by atoms with van der Waals surface area (Å²) in [4.78, 5) is 17.6. The summed E-state index contributed by atoms with van der Waals surface area (Å²) >= 11 is 12.6. The zero-order valence-electron chi connectivity index (χ0n) is 13.3. The molecule has 0 saturated carbocycles. The first-order valence-corrected chi connectivity index (χ1v) is 8.30. The SMILES string of the molecule is CN1NC(=O)N2c3ccc(Cl)cc3C(c3ccccc3Cl)=[NH+]CC12.[OH-]. The zero-order chi connectivity index (χ0) is 16.8. The lowest BCUT2D eigenvalue weighted by Crippen LogP contribution is -2.77. The highest BCUT2D eigenvalue weighted by molar-refractivity contribution is 6.36. The van der Waals surface area contributed by atoms with Crippen molar-refractivity contribution >= 4 is 40.6 Å². The van der Waals surface area contributed by atoms with Crippen LogP contribution in [0.5, 0.6) is 0 Å². The Labute approximate surface area is 154 Å². The molecule has 1 fully saturated rings. The van der Waals surface area contributed by atoms with Crippen molar-refractivity contribution in [3.63, 3.8) is 0 Å². The highest BCUT2D eigenvalue weighted by Crippen LogP contribution is 2.31. The maximum absolute atomic E-state index is 12.4. The quantitative estimate of drug-likeness (QED) is 0.787. The molecule has 8 heteroatoms. The molecule has 4 rings (SSSR count). The number of urea groups is 1. The van der Waals surface area contributed by atoms with Crippen LogP contribution in [0, 0.1) is 0 Å². The van der Waals surface area contributed by atoms with Crippen LogP contribution in [-0.4, -0.2) is 42.0 Å². The summed E-state index contributed by atoms with van der Waals surface area (Å²) in [6, 6.07) is 13.0. The van der Waals surface area contributed by atoms with Crippen LogP contribution < -0.4 is 15.3 Å². The molecule has 2 amide bonds. The predicted molar refractivity (Wildman–Crippen MR) is 96.4 cm³/mol. The summed E-state index contributed by atoms with van der Waals surface area (Å²) in [6.45, 7) is 0.558. The highest BCUT2D eigenvalue weighted by atomic mass is 35.5. The first-order chi connectivity index (χ1) is 11.6. The minimum atomic E-state index is -0.159. The summed E-state index contributed by atoms with van der Waals surface area (Å²) in [5, 5.41) is 3.04. The molecule has 2 aliphatic heterocycles. The van der Waals surface area contributed by atoms with Crippen LogP contribution >= 0.6 is 23.2 Å². The topological polar surface area (TPSA) is 79.6 Å². The van der Waals surface area contributed by atoms with Crippen molar-refractivity contribution in [3.8, 4) is 0 Å². The predicted octanol–water partition coefficient (Wildman–Crippen LogP) is 1.45. The fourth-order valence-electron chi connectivity index (χ4n) is 3.20. The number of hydrogen-bond acceptors (Lipinski definition) is 3. The number of amides is 2. The van der Waals surface area contributed by atoms with Gasteiger partial charge in [0.1, 0.15) is 0 Å². The van der Waals surface area contributed by atoms with Crippen LogP contribution in [0.3, 0.4) is 0 Å². The average molecular weight is 379 g/mol. The molecule has 0 spiro atoms. The number of anilines is 1. The number of likely N-dealkylation sites (N-methyl/N-ethyl adjacent to an activating group) is 1. The number of hydrazine groups is 1. The molecule has 2 aromatic carbocycles. The van der Waals surface area contributed by atoms with Gasteiger partial charge in [-0.3, -0.25) is 10.3 Å². The van der Waals surface area contributed by atoms with E-state index in [1.54, 1.807) is 16.0 Å². The normalized spacial score (nSPS) is 19.3. The molecule has 0 aliphatic carbocycles. The summed E-state index contributed by atoms with van der Waals surface area (Å²) in [7, 11) is 1.85. The number of rotatable bonds is 1. The van der Waals surface area contributed by atoms with Crippen molar-refractivity contribution < 1.29 is 15.3 Å². The van der Waals surface area contributed by atoms with E-state index in [1.807, 2.05) is 43.4 Å². The van der Waals surface area contributed by atoms with E-state index in [0.29, 0.717) is 16.6 Å². The molecule has 2 aliphatic rings. The number of benzene rings is 2. The van der Waals surface area contributed by atoms with Crippen LogP contribution in [0.4, 0.5) is 10.5 Å². The number of nitrogens with one attached hydrogen (secondary N) is 2. The molecule has 6 nitrogen and oxygen atoms in total. The lowest BCUT2D eigenvalue weighted by Gasteiger charge is -2.21. The van der Waals surface area contributed by atoms with E-state index in [-0.39, 0.29) is 17.7 Å². The Morgan fingerprint density at radius 3 is 2.68 bits per heavy atom. The third-order valence-electron chi connectivity index (χ3n) is 4.33. The van der Waals surface area contributed by atoms with Gasteiger partial charge in [0.25, 0.3) is 0 Å². The van der Waals surface area contributed by atoms with Gasteiger partial charge in [0.15, 0.2) is 12.7 Å². The van der Waals surface area contributed by atoms with Crippen LogP contribution in [0.25, 0.3) is 0 Å². The maximum Gasteiger partial charge on any atom is 0.338 e. The van der Waals surface area contributed by atoms with E-state index >= 15 is 0 Å². The minimum absolute atomic E-state index is 0. The molecule has 0 aromatic heterocycles. The van der Waals surface area contributed by atoms with Crippen molar-refractivity contribution in [1.82, 2.24) is 10.4 Å². The van der Waals surface area contributed by atoms with Gasteiger partial charge in [-0.15, -0.1) is 0 Å². The van der Waals surface area contributed by atoms with Crippen molar-refractivity contribution in [2.75, 3.05) is 18.5 Å². The highest BCUT2D eigenvalue weighted by Gasteiger charge is 2.42. The Kier molecular flexibility index (Phi) is 4.71. The third kappa shape index (κ3) is 2.87. The number of nitrogens with zero attached hydrogens (tertiary/aromatic N) is 2. The first-order valence-electron chi connectivity index (χ1n) is 7.54. The standard InChI is InChI=1S/C17H14Cl2N4O.H2O/c1-22-15-9-20-16(11-4-2-3-5-13(11)19)12-8-10(18)6-7-14(12)23(15)17(24)21-22;/h2-8,15H,9H2,1H3,(H,21,24);1H2. The Bertz CT molecular complexity index is 871. The smallest absolute Gasteiger partial charge is 0.338 e. The van der Waals surface area contributed by atoms with Gasteiger partial charge in [0, 0.05) is 12.1 Å². The molecular weight excluding hydrogens is 363 g/mol. The molecule has 25 heavy (non-hydrogen) atoms. The molecule has 0 bridgehead atoms. The molecule has 3 N–H and O–H groups in total. The molecule has 2 aromatic rings. The molecular formula is C17H16Cl2N4O2. The minimum Gasteiger partial charge on any atom is -0.870 e. The van der Waals surface area contributed by atoms with Crippen LogP contribution in [0.1, 0.15) is 11.1 Å². The summed E-state index contributed by atoms with van der Waals surface area (Å²) < 4.78 is 0. The van der Waals surface area contributed by atoms with Gasteiger partial charge in [-0.25, -0.2) is 9.79 Å². The van der Waals surface area contributed by atoms with Gasteiger partial charge < -0.3 is 5.48 Å². The number of halogens is 2. The second kappa shape index (κ2) is 6.65. The molecule has 0 radical (unpaired) electrons. The van der Waals surface area contributed by atoms with Crippen LogP contribution in [-0.2, 0) is 0 Å². The molecule has 1 unspecified atom stereocenters. The van der Waals surface area contributed by atoms with Gasteiger partial charge in [-0.1, -0.05) is 35.3 Å². The fraction of sp³-hybridized carbons (Fsp3) is 0.176. The molecule has 130 valence electrons. The van der Waals surface area contributed by atoms with E-state index in [0.717, 1.165) is 22.5 Å². The third-order valence-corrected chi connectivity index (χ3v) is 4.89. The summed E-state index contributed by atoms with van der Waals surface area (Å²) in [5.74, 6) is 0. The van der Waals surface area contributed by atoms with Crippen LogP contribution in [0.2, 0.25) is 10.0 Å². The lowest BCUT2D eigenvalue weighted by atomic mass is 10.00. The van der Waals surface area contributed by atoms with E-state index in [4.69, 9.17) is 23.2 Å². The molecule has 2 heterocycles. The summed E-state index contributed by atoms with van der Waals surface area (Å²) in [5.41, 5.74) is 6.22. The van der Waals surface area contributed by atoms with Crippen LogP contribution in [0.15, 0.2) is 42.5 Å². The van der Waals surface area contributed by atoms with Crippen molar-refractivity contribution in [2.24, 2.45) is 0 Å². The first kappa shape index (κ1) is 17.7. The van der Waals surface area contributed by atoms with Gasteiger partial charge in [-0.05, 0) is 30.3 Å². The maximum atomic E-state index is 12.4. The van der Waals surface area contributed by atoms with Gasteiger partial charge in [0.2, 0.25) is 5.71 Å². The Hall–Kier alpha value is -2.12. The van der Waals surface area contributed by atoms with Gasteiger partial charge in [0.05, 0.1) is 21.8 Å². The molecule has 1 saturated heterocycles. The van der Waals surface area contributed by atoms with E-state index in [2.05, 4.69) is 10.4 Å². The van der Waals surface area contributed by atoms with Crippen molar-refractivity contribution in [1.29, 1.82) is 0 Å². The van der Waals surface area contributed by atoms with Crippen molar-refractivity contribution in [3.05, 3.63) is 63.6 Å². The van der Waals surface area contributed by atoms with Gasteiger partial charge >= 0.3 is 6.03 Å². The van der Waals surface area contributed by atoms with Gasteiger partial charge in [-0.2, -0.15) is 5.01 Å². The second-order valence-electron chi connectivity index (χ2n) is 5.78.